The Morgan fingerprint density at radius 3 is 3.16 bits per heavy atom. The largest absolute Gasteiger partial charge is 0.324 e. The molecule has 1 aromatic rings. The van der Waals surface area contributed by atoms with E-state index in [4.69, 9.17) is 0 Å². The fraction of sp³-hybridized carbons (Fsp3) is 0.462. The topological polar surface area (TPSA) is 44.4 Å². The number of likely N-dealkylation sites (N-methyl/N-ethyl adjacent to an activating group) is 1. The SMILES string of the molecule is CN1CCNC(CC(=O)Nc2cc(Br)ccc2F)C1. The third kappa shape index (κ3) is 4.26. The van der Waals surface area contributed by atoms with Crippen LogP contribution in [-0.4, -0.2) is 43.5 Å². The molecule has 0 aromatic heterocycles. The van der Waals surface area contributed by atoms with Crippen molar-refractivity contribution in [2.24, 2.45) is 0 Å². The minimum absolute atomic E-state index is 0.119. The first-order valence-electron chi connectivity index (χ1n) is 6.21. The predicted octanol–water partition coefficient (Wildman–Crippen LogP) is 1.82. The minimum atomic E-state index is -0.426. The first kappa shape index (κ1) is 14.4. The van der Waals surface area contributed by atoms with Crippen molar-refractivity contribution < 1.29 is 9.18 Å². The number of benzene rings is 1. The summed E-state index contributed by atoms with van der Waals surface area (Å²) in [6, 6.07) is 4.61. The lowest BCUT2D eigenvalue weighted by molar-refractivity contribution is -0.116. The number of anilines is 1. The highest BCUT2D eigenvalue weighted by molar-refractivity contribution is 9.10. The summed E-state index contributed by atoms with van der Waals surface area (Å²) in [7, 11) is 2.03. The van der Waals surface area contributed by atoms with Crippen LogP contribution in [0.1, 0.15) is 6.42 Å². The number of piperazine rings is 1. The highest BCUT2D eigenvalue weighted by Crippen LogP contribution is 2.20. The van der Waals surface area contributed by atoms with Gasteiger partial charge in [0, 0.05) is 36.6 Å². The van der Waals surface area contributed by atoms with Gasteiger partial charge in [-0.25, -0.2) is 4.39 Å². The Morgan fingerprint density at radius 1 is 1.63 bits per heavy atom. The number of carbonyl (C=O) groups excluding carboxylic acids is 1. The van der Waals surface area contributed by atoms with E-state index in [0.29, 0.717) is 6.42 Å². The van der Waals surface area contributed by atoms with Gasteiger partial charge in [-0.1, -0.05) is 15.9 Å². The van der Waals surface area contributed by atoms with Crippen LogP contribution in [0.4, 0.5) is 10.1 Å². The summed E-state index contributed by atoms with van der Waals surface area (Å²) in [5, 5.41) is 5.90. The highest BCUT2D eigenvalue weighted by Gasteiger charge is 2.19. The van der Waals surface area contributed by atoms with E-state index in [2.05, 4.69) is 31.5 Å². The number of carbonyl (C=O) groups is 1. The standard InChI is InChI=1S/C13H17BrFN3O/c1-18-5-4-16-10(8-18)7-13(19)17-12-6-9(14)2-3-11(12)15/h2-3,6,10,16H,4-5,7-8H2,1H3,(H,17,19). The third-order valence-electron chi connectivity index (χ3n) is 3.09. The molecule has 1 aliphatic rings. The molecule has 6 heteroatoms. The van der Waals surface area contributed by atoms with Crippen LogP contribution in [0.2, 0.25) is 0 Å². The second-order valence-electron chi connectivity index (χ2n) is 4.79. The zero-order valence-corrected chi connectivity index (χ0v) is 12.3. The Kier molecular flexibility index (Phi) is 4.90. The first-order valence-corrected chi connectivity index (χ1v) is 7.01. The molecule has 1 atom stereocenters. The number of rotatable bonds is 3. The van der Waals surface area contributed by atoms with Crippen LogP contribution in [-0.2, 0) is 4.79 Å². The molecular weight excluding hydrogens is 313 g/mol. The van der Waals surface area contributed by atoms with Crippen LogP contribution >= 0.6 is 15.9 Å². The van der Waals surface area contributed by atoms with Crippen molar-refractivity contribution in [2.75, 3.05) is 32.0 Å². The zero-order chi connectivity index (χ0) is 13.8. The molecule has 0 spiro atoms. The molecule has 1 saturated heterocycles. The number of nitrogens with one attached hydrogen (secondary N) is 2. The normalized spacial score (nSPS) is 20.3. The number of halogens is 2. The van der Waals surface area contributed by atoms with E-state index < -0.39 is 5.82 Å². The molecule has 0 saturated carbocycles. The van der Waals surface area contributed by atoms with Gasteiger partial charge in [0.25, 0.3) is 0 Å². The fourth-order valence-electron chi connectivity index (χ4n) is 2.15. The summed E-state index contributed by atoms with van der Waals surface area (Å²) in [4.78, 5) is 14.1. The van der Waals surface area contributed by atoms with Gasteiger partial charge in [-0.05, 0) is 25.2 Å². The summed E-state index contributed by atoms with van der Waals surface area (Å²) in [6.45, 7) is 2.69. The van der Waals surface area contributed by atoms with Gasteiger partial charge in [-0.3, -0.25) is 4.79 Å². The van der Waals surface area contributed by atoms with Crippen molar-refractivity contribution in [1.82, 2.24) is 10.2 Å². The molecule has 1 aromatic carbocycles. The van der Waals surface area contributed by atoms with Gasteiger partial charge in [-0.2, -0.15) is 0 Å². The van der Waals surface area contributed by atoms with E-state index in [9.17, 15) is 9.18 Å². The lowest BCUT2D eigenvalue weighted by Gasteiger charge is -2.30. The van der Waals surface area contributed by atoms with E-state index >= 15 is 0 Å². The van der Waals surface area contributed by atoms with E-state index in [0.717, 1.165) is 24.1 Å². The smallest absolute Gasteiger partial charge is 0.226 e. The molecule has 0 aliphatic carbocycles. The lowest BCUT2D eigenvalue weighted by atomic mass is 10.1. The summed E-state index contributed by atoms with van der Waals surface area (Å²) in [5.74, 6) is -0.602. The van der Waals surface area contributed by atoms with Crippen LogP contribution < -0.4 is 10.6 Å². The third-order valence-corrected chi connectivity index (χ3v) is 3.59. The Morgan fingerprint density at radius 2 is 2.42 bits per heavy atom. The maximum absolute atomic E-state index is 13.5. The first-order chi connectivity index (χ1) is 9.04. The Hall–Kier alpha value is -0.980. The number of nitrogens with zero attached hydrogens (tertiary/aromatic N) is 1. The highest BCUT2D eigenvalue weighted by atomic mass is 79.9. The summed E-state index contributed by atoms with van der Waals surface area (Å²) < 4.78 is 14.2. The van der Waals surface area contributed by atoms with Crippen LogP contribution in [0, 0.1) is 5.82 Å². The van der Waals surface area contributed by atoms with Gasteiger partial charge >= 0.3 is 0 Å². The molecule has 4 nitrogen and oxygen atoms in total. The average molecular weight is 330 g/mol. The van der Waals surface area contributed by atoms with E-state index in [1.807, 2.05) is 7.05 Å². The number of hydrogen-bond donors (Lipinski definition) is 2. The van der Waals surface area contributed by atoms with Crippen molar-refractivity contribution in [2.45, 2.75) is 12.5 Å². The molecule has 1 amide bonds. The van der Waals surface area contributed by atoms with E-state index in [1.165, 1.54) is 6.07 Å². The molecule has 0 bridgehead atoms. The van der Waals surface area contributed by atoms with Gasteiger partial charge in [0.05, 0.1) is 5.69 Å². The number of hydrogen-bond acceptors (Lipinski definition) is 3. The van der Waals surface area contributed by atoms with Crippen molar-refractivity contribution in [3.8, 4) is 0 Å². The molecule has 19 heavy (non-hydrogen) atoms. The number of amides is 1. The van der Waals surface area contributed by atoms with Gasteiger partial charge in [0.15, 0.2) is 0 Å². The van der Waals surface area contributed by atoms with Crippen molar-refractivity contribution in [3.63, 3.8) is 0 Å². The van der Waals surface area contributed by atoms with Crippen molar-refractivity contribution >= 4 is 27.5 Å². The molecule has 2 N–H and O–H groups in total. The Bertz CT molecular complexity index is 469. The quantitative estimate of drug-likeness (QED) is 0.889. The molecular formula is C13H17BrFN3O. The van der Waals surface area contributed by atoms with E-state index in [1.54, 1.807) is 12.1 Å². The second kappa shape index (κ2) is 6.45. The average Bonchev–Trinajstić information content (AvgIpc) is 2.34. The van der Waals surface area contributed by atoms with Crippen molar-refractivity contribution in [1.29, 1.82) is 0 Å². The molecule has 104 valence electrons. The summed E-state index contributed by atoms with van der Waals surface area (Å²) in [6.07, 6.45) is 0.344. The summed E-state index contributed by atoms with van der Waals surface area (Å²) >= 11 is 3.26. The van der Waals surface area contributed by atoms with Crippen molar-refractivity contribution in [3.05, 3.63) is 28.5 Å². The van der Waals surface area contributed by atoms with Gasteiger partial charge in [-0.15, -0.1) is 0 Å². The molecule has 1 heterocycles. The molecule has 0 radical (unpaired) electrons. The molecule has 1 unspecified atom stereocenters. The Labute approximate surface area is 120 Å². The minimum Gasteiger partial charge on any atom is -0.324 e. The molecule has 1 fully saturated rings. The maximum Gasteiger partial charge on any atom is 0.226 e. The summed E-state index contributed by atoms with van der Waals surface area (Å²) in [5.41, 5.74) is 0.212. The van der Waals surface area contributed by atoms with Crippen LogP contribution in [0.15, 0.2) is 22.7 Å². The maximum atomic E-state index is 13.5. The predicted molar refractivity (Wildman–Crippen MR) is 76.6 cm³/mol. The van der Waals surface area contributed by atoms with E-state index in [-0.39, 0.29) is 17.6 Å². The zero-order valence-electron chi connectivity index (χ0n) is 10.7. The Balaban J connectivity index is 1.92. The lowest BCUT2D eigenvalue weighted by Crippen LogP contribution is -2.50. The van der Waals surface area contributed by atoms with Gasteiger partial charge in [0.1, 0.15) is 5.82 Å². The van der Waals surface area contributed by atoms with Crippen LogP contribution in [0.3, 0.4) is 0 Å². The monoisotopic (exact) mass is 329 g/mol. The van der Waals surface area contributed by atoms with Gasteiger partial charge in [0.2, 0.25) is 5.91 Å². The fourth-order valence-corrected chi connectivity index (χ4v) is 2.51. The molecule has 2 rings (SSSR count). The van der Waals surface area contributed by atoms with Crippen LogP contribution in [0.25, 0.3) is 0 Å². The van der Waals surface area contributed by atoms with Crippen LogP contribution in [0.5, 0.6) is 0 Å². The molecule has 1 aliphatic heterocycles. The van der Waals surface area contributed by atoms with Gasteiger partial charge < -0.3 is 15.5 Å². The second-order valence-corrected chi connectivity index (χ2v) is 5.71.